The van der Waals surface area contributed by atoms with E-state index in [1.165, 1.54) is 11.1 Å². The van der Waals surface area contributed by atoms with Crippen LogP contribution in [0.4, 0.5) is 0 Å². The Morgan fingerprint density at radius 2 is 1.79 bits per heavy atom. The highest BCUT2D eigenvalue weighted by atomic mass is 35.5. The Balaban J connectivity index is 2.89. The zero-order valence-corrected chi connectivity index (χ0v) is 9.45. The largest absolute Gasteiger partial charge is 0.234 e. The summed E-state index contributed by atoms with van der Waals surface area (Å²) in [6, 6.07) is 5.97. The highest BCUT2D eigenvalue weighted by Crippen LogP contribution is 2.27. The lowest BCUT2D eigenvalue weighted by Crippen LogP contribution is -1.86. The molecule has 0 spiro atoms. The minimum Gasteiger partial charge on any atom is -0.234 e. The van der Waals surface area contributed by atoms with E-state index in [9.17, 15) is 0 Å². The summed E-state index contributed by atoms with van der Waals surface area (Å²) < 4.78 is 0. The van der Waals surface area contributed by atoms with Crippen LogP contribution in [0, 0.1) is 13.8 Å². The van der Waals surface area contributed by atoms with Crippen molar-refractivity contribution in [3.05, 3.63) is 39.5 Å². The van der Waals surface area contributed by atoms with Gasteiger partial charge in [-0.2, -0.15) is 0 Å². The molecule has 14 heavy (non-hydrogen) atoms. The summed E-state index contributed by atoms with van der Waals surface area (Å²) in [5.74, 6) is 0. The van der Waals surface area contributed by atoms with Crippen LogP contribution in [-0.2, 0) is 0 Å². The zero-order chi connectivity index (χ0) is 10.3. The van der Waals surface area contributed by atoms with Gasteiger partial charge in [0.25, 0.3) is 0 Å². The number of rotatable bonds is 0. The molecule has 0 radical (unpaired) electrons. The SMILES string of the molecule is Cc1cc(C)c2cc(Cl)c(Cl)nc2c1. The standard InChI is InChI=1S/C11H9Cl2N/c1-6-3-7(2)8-5-9(12)11(13)14-10(8)4-6/h3-5H,1-2H3. The Kier molecular flexibility index (Phi) is 2.38. The van der Waals surface area contributed by atoms with Gasteiger partial charge in [-0.3, -0.25) is 0 Å². The normalized spacial score (nSPS) is 10.9. The average Bonchev–Trinajstić information content (AvgIpc) is 2.08. The first-order valence-corrected chi connectivity index (χ1v) is 5.06. The van der Waals surface area contributed by atoms with Crippen molar-refractivity contribution < 1.29 is 0 Å². The van der Waals surface area contributed by atoms with Crippen LogP contribution >= 0.6 is 23.2 Å². The maximum absolute atomic E-state index is 5.90. The fourth-order valence-corrected chi connectivity index (χ4v) is 1.88. The molecule has 1 heterocycles. The second kappa shape index (κ2) is 3.41. The van der Waals surface area contributed by atoms with Crippen LogP contribution in [0.25, 0.3) is 10.9 Å². The van der Waals surface area contributed by atoms with Gasteiger partial charge in [-0.1, -0.05) is 29.3 Å². The van der Waals surface area contributed by atoms with E-state index >= 15 is 0 Å². The molecule has 0 aliphatic rings. The second-order valence-corrected chi connectivity index (χ2v) is 4.17. The number of halogens is 2. The van der Waals surface area contributed by atoms with Crippen molar-refractivity contribution >= 4 is 34.1 Å². The molecule has 0 aliphatic carbocycles. The molecule has 2 rings (SSSR count). The molecule has 0 aliphatic heterocycles. The summed E-state index contributed by atoms with van der Waals surface area (Å²) in [4.78, 5) is 4.23. The van der Waals surface area contributed by atoms with Crippen LogP contribution in [0.3, 0.4) is 0 Å². The van der Waals surface area contributed by atoms with E-state index < -0.39 is 0 Å². The van der Waals surface area contributed by atoms with Gasteiger partial charge in [-0.25, -0.2) is 4.98 Å². The molecule has 2 aromatic rings. The third kappa shape index (κ3) is 1.58. The average molecular weight is 226 g/mol. The number of hydrogen-bond donors (Lipinski definition) is 0. The van der Waals surface area contributed by atoms with Crippen molar-refractivity contribution in [3.63, 3.8) is 0 Å². The summed E-state index contributed by atoms with van der Waals surface area (Å²) in [7, 11) is 0. The van der Waals surface area contributed by atoms with Gasteiger partial charge in [0.2, 0.25) is 0 Å². The molecule has 1 aromatic carbocycles. The van der Waals surface area contributed by atoms with Gasteiger partial charge >= 0.3 is 0 Å². The zero-order valence-electron chi connectivity index (χ0n) is 7.94. The Bertz CT molecular complexity index is 506. The summed E-state index contributed by atoms with van der Waals surface area (Å²) in [6.45, 7) is 4.08. The molecular formula is C11H9Cl2N. The summed E-state index contributed by atoms with van der Waals surface area (Å²) in [5, 5.41) is 1.93. The van der Waals surface area contributed by atoms with Gasteiger partial charge < -0.3 is 0 Å². The number of benzene rings is 1. The number of nitrogens with zero attached hydrogens (tertiary/aromatic N) is 1. The smallest absolute Gasteiger partial charge is 0.148 e. The number of aryl methyl sites for hydroxylation is 2. The van der Waals surface area contributed by atoms with Gasteiger partial charge in [0.05, 0.1) is 10.5 Å². The number of aromatic nitrogens is 1. The fraction of sp³-hybridized carbons (Fsp3) is 0.182. The quantitative estimate of drug-likeness (QED) is 0.614. The summed E-state index contributed by atoms with van der Waals surface area (Å²) in [6.07, 6.45) is 0. The molecule has 0 saturated carbocycles. The van der Waals surface area contributed by atoms with Gasteiger partial charge in [-0.15, -0.1) is 0 Å². The molecule has 0 amide bonds. The van der Waals surface area contributed by atoms with Crippen molar-refractivity contribution in [2.75, 3.05) is 0 Å². The van der Waals surface area contributed by atoms with E-state index in [1.54, 1.807) is 0 Å². The van der Waals surface area contributed by atoms with Crippen molar-refractivity contribution in [1.29, 1.82) is 0 Å². The van der Waals surface area contributed by atoms with E-state index in [0.29, 0.717) is 10.2 Å². The molecule has 0 fully saturated rings. The van der Waals surface area contributed by atoms with Crippen LogP contribution in [0.5, 0.6) is 0 Å². The fourth-order valence-electron chi connectivity index (χ4n) is 1.58. The van der Waals surface area contributed by atoms with Crippen LogP contribution < -0.4 is 0 Å². The van der Waals surface area contributed by atoms with Crippen LogP contribution in [0.15, 0.2) is 18.2 Å². The lowest BCUT2D eigenvalue weighted by molar-refractivity contribution is 1.35. The maximum Gasteiger partial charge on any atom is 0.148 e. The van der Waals surface area contributed by atoms with Crippen molar-refractivity contribution in [2.45, 2.75) is 13.8 Å². The topological polar surface area (TPSA) is 12.9 Å². The number of pyridine rings is 1. The predicted molar refractivity (Wildman–Crippen MR) is 61.2 cm³/mol. The molecule has 1 aromatic heterocycles. The molecule has 0 saturated heterocycles. The van der Waals surface area contributed by atoms with Gasteiger partial charge in [0.1, 0.15) is 5.15 Å². The van der Waals surface area contributed by atoms with Gasteiger partial charge in [0, 0.05) is 5.39 Å². The van der Waals surface area contributed by atoms with Crippen LogP contribution in [-0.4, -0.2) is 4.98 Å². The molecular weight excluding hydrogens is 217 g/mol. The summed E-state index contributed by atoms with van der Waals surface area (Å²) in [5.41, 5.74) is 3.25. The first-order chi connectivity index (χ1) is 6.58. The van der Waals surface area contributed by atoms with Crippen LogP contribution in [0.1, 0.15) is 11.1 Å². The molecule has 72 valence electrons. The van der Waals surface area contributed by atoms with Gasteiger partial charge in [0.15, 0.2) is 0 Å². The van der Waals surface area contributed by atoms with E-state index in [1.807, 2.05) is 26.0 Å². The molecule has 0 N–H and O–H groups in total. The highest BCUT2D eigenvalue weighted by Gasteiger charge is 2.05. The highest BCUT2D eigenvalue weighted by molar-refractivity contribution is 6.41. The monoisotopic (exact) mass is 225 g/mol. The molecule has 0 atom stereocenters. The Hall–Kier alpha value is -0.790. The second-order valence-electron chi connectivity index (χ2n) is 3.41. The maximum atomic E-state index is 5.90. The van der Waals surface area contributed by atoms with Crippen molar-refractivity contribution in [1.82, 2.24) is 4.98 Å². The van der Waals surface area contributed by atoms with E-state index in [-0.39, 0.29) is 0 Å². The van der Waals surface area contributed by atoms with E-state index in [0.717, 1.165) is 10.9 Å². The Morgan fingerprint density at radius 1 is 1.07 bits per heavy atom. The predicted octanol–water partition coefficient (Wildman–Crippen LogP) is 4.16. The third-order valence-electron chi connectivity index (χ3n) is 2.20. The molecule has 0 unspecified atom stereocenters. The van der Waals surface area contributed by atoms with Crippen LogP contribution in [0.2, 0.25) is 10.2 Å². The number of hydrogen-bond acceptors (Lipinski definition) is 1. The minimum absolute atomic E-state index is 0.365. The van der Waals surface area contributed by atoms with Crippen molar-refractivity contribution in [3.8, 4) is 0 Å². The first-order valence-electron chi connectivity index (χ1n) is 4.31. The lowest BCUT2D eigenvalue weighted by Gasteiger charge is -2.05. The van der Waals surface area contributed by atoms with Gasteiger partial charge in [-0.05, 0) is 37.1 Å². The van der Waals surface area contributed by atoms with E-state index in [4.69, 9.17) is 23.2 Å². The lowest BCUT2D eigenvalue weighted by atomic mass is 10.1. The number of fused-ring (bicyclic) bond motifs is 1. The molecule has 0 bridgehead atoms. The van der Waals surface area contributed by atoms with Crippen molar-refractivity contribution in [2.24, 2.45) is 0 Å². The third-order valence-corrected chi connectivity index (χ3v) is 2.87. The Morgan fingerprint density at radius 3 is 2.50 bits per heavy atom. The molecule has 1 nitrogen and oxygen atoms in total. The Labute approximate surface area is 92.7 Å². The van der Waals surface area contributed by atoms with E-state index in [2.05, 4.69) is 11.1 Å². The molecule has 3 heteroatoms. The summed E-state index contributed by atoms with van der Waals surface area (Å²) >= 11 is 11.8. The first kappa shape index (κ1) is 9.75. The minimum atomic E-state index is 0.365.